The summed E-state index contributed by atoms with van der Waals surface area (Å²) < 4.78 is 0. The first kappa shape index (κ1) is 11.6. The highest BCUT2D eigenvalue weighted by molar-refractivity contribution is 7.12. The maximum Gasteiger partial charge on any atom is 0.261 e. The van der Waals surface area contributed by atoms with Gasteiger partial charge in [0.15, 0.2) is 0 Å². The van der Waals surface area contributed by atoms with Gasteiger partial charge in [0, 0.05) is 18.0 Å². The third-order valence-electron chi connectivity index (χ3n) is 1.78. The number of hydrogen-bond donors (Lipinski definition) is 1. The number of thiophene rings is 1. The average molecular weight is 224 g/mol. The Morgan fingerprint density at radius 3 is 3.13 bits per heavy atom. The fraction of sp³-hybridized carbons (Fsp3) is 0.444. The first-order chi connectivity index (χ1) is 7.34. The monoisotopic (exact) mass is 224 g/mol. The van der Waals surface area contributed by atoms with E-state index in [2.05, 4.69) is 15.3 Å². The van der Waals surface area contributed by atoms with Crippen LogP contribution >= 0.6 is 11.3 Å². The summed E-state index contributed by atoms with van der Waals surface area (Å²) in [7, 11) is 0. The van der Waals surface area contributed by atoms with Crippen molar-refractivity contribution in [3.63, 3.8) is 0 Å². The summed E-state index contributed by atoms with van der Waals surface area (Å²) in [5, 5.41) is 8.08. The van der Waals surface area contributed by atoms with Crippen LogP contribution in [0.2, 0.25) is 0 Å². The predicted molar refractivity (Wildman–Crippen MR) is 59.9 cm³/mol. The molecule has 0 bridgehead atoms. The van der Waals surface area contributed by atoms with Crippen molar-refractivity contribution in [1.82, 2.24) is 5.32 Å². The van der Waals surface area contributed by atoms with Gasteiger partial charge in [-0.1, -0.05) is 11.2 Å². The Morgan fingerprint density at radius 2 is 2.47 bits per heavy atom. The van der Waals surface area contributed by atoms with E-state index in [-0.39, 0.29) is 5.91 Å². The second kappa shape index (κ2) is 6.86. The molecular weight excluding hydrogens is 212 g/mol. The number of amides is 1. The molecule has 0 atom stereocenters. The Labute approximate surface area is 91.7 Å². The molecule has 0 fully saturated rings. The Bertz CT molecular complexity index is 343. The largest absolute Gasteiger partial charge is 0.351 e. The van der Waals surface area contributed by atoms with Crippen LogP contribution in [0.15, 0.2) is 22.6 Å². The second-order valence-corrected chi connectivity index (χ2v) is 3.84. The first-order valence-electron chi connectivity index (χ1n) is 4.67. The topological polar surface area (TPSA) is 77.9 Å². The number of unbranched alkanes of at least 4 members (excludes halogenated alkanes) is 1. The van der Waals surface area contributed by atoms with Gasteiger partial charge in [-0.2, -0.15) is 0 Å². The molecule has 6 heteroatoms. The van der Waals surface area contributed by atoms with E-state index in [1.165, 1.54) is 11.3 Å². The van der Waals surface area contributed by atoms with Crippen LogP contribution in [0.5, 0.6) is 0 Å². The van der Waals surface area contributed by atoms with Crippen molar-refractivity contribution in [2.75, 3.05) is 13.1 Å². The number of rotatable bonds is 6. The van der Waals surface area contributed by atoms with E-state index in [1.54, 1.807) is 6.07 Å². The Hall–Kier alpha value is -1.52. The fourth-order valence-electron chi connectivity index (χ4n) is 1.05. The lowest BCUT2D eigenvalue weighted by Crippen LogP contribution is -2.23. The van der Waals surface area contributed by atoms with E-state index in [1.807, 2.05) is 11.4 Å². The number of azide groups is 1. The molecule has 1 N–H and O–H groups in total. The van der Waals surface area contributed by atoms with Crippen LogP contribution in [0.1, 0.15) is 22.5 Å². The van der Waals surface area contributed by atoms with E-state index >= 15 is 0 Å². The van der Waals surface area contributed by atoms with Gasteiger partial charge < -0.3 is 5.32 Å². The molecule has 1 aromatic heterocycles. The molecular formula is C9H12N4OS. The summed E-state index contributed by atoms with van der Waals surface area (Å²) in [6.07, 6.45) is 1.63. The smallest absolute Gasteiger partial charge is 0.261 e. The zero-order valence-corrected chi connectivity index (χ0v) is 9.04. The minimum Gasteiger partial charge on any atom is -0.351 e. The lowest BCUT2D eigenvalue weighted by Gasteiger charge is -2.01. The quantitative estimate of drug-likeness (QED) is 0.343. The lowest BCUT2D eigenvalue weighted by molar-refractivity contribution is 0.0957. The average Bonchev–Trinajstić information content (AvgIpc) is 2.76. The zero-order chi connectivity index (χ0) is 10.9. The molecule has 0 aromatic carbocycles. The number of hydrogen-bond acceptors (Lipinski definition) is 3. The van der Waals surface area contributed by atoms with Crippen molar-refractivity contribution in [2.45, 2.75) is 12.8 Å². The van der Waals surface area contributed by atoms with Crippen LogP contribution in [0.3, 0.4) is 0 Å². The van der Waals surface area contributed by atoms with Crippen molar-refractivity contribution >= 4 is 17.2 Å². The highest BCUT2D eigenvalue weighted by Gasteiger charge is 2.03. The van der Waals surface area contributed by atoms with Gasteiger partial charge in [-0.25, -0.2) is 0 Å². The number of nitrogens with zero attached hydrogens (tertiary/aromatic N) is 3. The molecule has 0 saturated heterocycles. The van der Waals surface area contributed by atoms with Gasteiger partial charge in [0.2, 0.25) is 0 Å². The molecule has 1 aromatic rings. The zero-order valence-electron chi connectivity index (χ0n) is 8.22. The molecule has 0 aliphatic heterocycles. The molecule has 5 nitrogen and oxygen atoms in total. The first-order valence-corrected chi connectivity index (χ1v) is 5.55. The van der Waals surface area contributed by atoms with E-state index in [4.69, 9.17) is 5.53 Å². The van der Waals surface area contributed by atoms with Crippen molar-refractivity contribution < 1.29 is 4.79 Å². The van der Waals surface area contributed by atoms with Crippen LogP contribution in [0, 0.1) is 0 Å². The van der Waals surface area contributed by atoms with Gasteiger partial charge >= 0.3 is 0 Å². The molecule has 15 heavy (non-hydrogen) atoms. The summed E-state index contributed by atoms with van der Waals surface area (Å²) in [5.41, 5.74) is 8.03. The van der Waals surface area contributed by atoms with Crippen molar-refractivity contribution in [3.8, 4) is 0 Å². The molecule has 0 saturated carbocycles. The molecule has 1 amide bonds. The molecule has 0 spiro atoms. The van der Waals surface area contributed by atoms with E-state index in [0.29, 0.717) is 13.1 Å². The normalized spacial score (nSPS) is 9.33. The third-order valence-corrected chi connectivity index (χ3v) is 2.65. The molecule has 80 valence electrons. The number of nitrogens with one attached hydrogen (secondary N) is 1. The minimum absolute atomic E-state index is 0.0335. The SMILES string of the molecule is [N-]=[N+]=NCCCCNC(=O)c1cccs1. The standard InChI is InChI=1S/C9H12N4OS/c10-13-12-6-2-1-5-11-9(14)8-4-3-7-15-8/h3-4,7H,1-2,5-6H2,(H,11,14). The summed E-state index contributed by atoms with van der Waals surface area (Å²) in [6, 6.07) is 3.64. The summed E-state index contributed by atoms with van der Waals surface area (Å²) in [5.74, 6) is -0.0335. The van der Waals surface area contributed by atoms with E-state index in [9.17, 15) is 4.79 Å². The van der Waals surface area contributed by atoms with Gasteiger partial charge in [0.25, 0.3) is 5.91 Å². The van der Waals surface area contributed by atoms with Crippen molar-refractivity contribution in [1.29, 1.82) is 0 Å². The maximum absolute atomic E-state index is 11.4. The Morgan fingerprint density at radius 1 is 1.60 bits per heavy atom. The molecule has 1 heterocycles. The Balaban J connectivity index is 2.10. The van der Waals surface area contributed by atoms with Gasteiger partial charge in [-0.3, -0.25) is 4.79 Å². The van der Waals surface area contributed by atoms with E-state index < -0.39 is 0 Å². The predicted octanol–water partition coefficient (Wildman–Crippen LogP) is 2.57. The van der Waals surface area contributed by atoms with Crippen LogP contribution in [0.4, 0.5) is 0 Å². The lowest BCUT2D eigenvalue weighted by atomic mass is 10.3. The number of carbonyl (C=O) groups is 1. The molecule has 0 unspecified atom stereocenters. The number of carbonyl (C=O) groups excluding carboxylic acids is 1. The van der Waals surface area contributed by atoms with Crippen molar-refractivity contribution in [2.24, 2.45) is 5.11 Å². The van der Waals surface area contributed by atoms with Crippen LogP contribution < -0.4 is 5.32 Å². The van der Waals surface area contributed by atoms with Gasteiger partial charge in [-0.15, -0.1) is 11.3 Å². The van der Waals surface area contributed by atoms with Crippen LogP contribution in [-0.4, -0.2) is 19.0 Å². The second-order valence-electron chi connectivity index (χ2n) is 2.89. The minimum atomic E-state index is -0.0335. The molecule has 0 radical (unpaired) electrons. The summed E-state index contributed by atoms with van der Waals surface area (Å²) >= 11 is 1.42. The summed E-state index contributed by atoms with van der Waals surface area (Å²) in [6.45, 7) is 1.11. The molecule has 0 aliphatic rings. The van der Waals surface area contributed by atoms with Gasteiger partial charge in [-0.05, 0) is 29.8 Å². The molecule has 0 aliphatic carbocycles. The molecule has 1 rings (SSSR count). The highest BCUT2D eigenvalue weighted by atomic mass is 32.1. The van der Waals surface area contributed by atoms with Crippen LogP contribution in [0.25, 0.3) is 10.4 Å². The maximum atomic E-state index is 11.4. The van der Waals surface area contributed by atoms with Crippen molar-refractivity contribution in [3.05, 3.63) is 32.8 Å². The third kappa shape index (κ3) is 4.49. The van der Waals surface area contributed by atoms with Gasteiger partial charge in [0.05, 0.1) is 4.88 Å². The Kier molecular flexibility index (Phi) is 5.29. The van der Waals surface area contributed by atoms with E-state index in [0.717, 1.165) is 17.7 Å². The van der Waals surface area contributed by atoms with Gasteiger partial charge in [0.1, 0.15) is 0 Å². The fourth-order valence-corrected chi connectivity index (χ4v) is 1.69. The summed E-state index contributed by atoms with van der Waals surface area (Å²) in [4.78, 5) is 14.8. The highest BCUT2D eigenvalue weighted by Crippen LogP contribution is 2.07. The van der Waals surface area contributed by atoms with Crippen LogP contribution in [-0.2, 0) is 0 Å².